The van der Waals surface area contributed by atoms with Gasteiger partial charge in [-0.25, -0.2) is 0 Å². The van der Waals surface area contributed by atoms with E-state index in [2.05, 4.69) is 42.8 Å². The van der Waals surface area contributed by atoms with Crippen molar-refractivity contribution in [2.75, 3.05) is 13.1 Å². The van der Waals surface area contributed by atoms with Gasteiger partial charge in [0.1, 0.15) is 0 Å². The maximum absolute atomic E-state index is 7.56. The lowest BCUT2D eigenvalue weighted by atomic mass is 10.2. The van der Waals surface area contributed by atoms with Gasteiger partial charge in [0, 0.05) is 0 Å². The molecule has 0 saturated heterocycles. The van der Waals surface area contributed by atoms with Crippen molar-refractivity contribution in [3.8, 4) is 0 Å². The summed E-state index contributed by atoms with van der Waals surface area (Å²) in [5.74, 6) is 0. The van der Waals surface area contributed by atoms with E-state index in [0.29, 0.717) is 0 Å². The molecular weight excluding hydrogens is 380 g/mol. The number of unbranched alkanes of at least 4 members (excludes halogenated alkanes) is 6. The summed E-state index contributed by atoms with van der Waals surface area (Å²) in [6.07, 6.45) is 11.0. The Bertz CT molecular complexity index is 278. The third kappa shape index (κ3) is 83.8. The number of rotatable bonds is 10. The summed E-state index contributed by atoms with van der Waals surface area (Å²) in [6, 6.07) is 0. The lowest BCUT2D eigenvalue weighted by Gasteiger charge is -2.03. The van der Waals surface area contributed by atoms with Crippen molar-refractivity contribution >= 4 is 37.1 Å². The highest BCUT2D eigenvalue weighted by molar-refractivity contribution is 8.06. The minimum Gasteiger partial charge on any atom is -0.325 e. The van der Waals surface area contributed by atoms with E-state index in [1.165, 1.54) is 64.5 Å². The zero-order valence-corrected chi connectivity index (χ0v) is 17.4. The van der Waals surface area contributed by atoms with Gasteiger partial charge in [0.25, 0.3) is 0 Å². The van der Waals surface area contributed by atoms with Gasteiger partial charge in [-0.05, 0) is 49.5 Å². The normalized spacial score (nSPS) is 11.1. The Morgan fingerprint density at radius 1 is 0.609 bits per heavy atom. The van der Waals surface area contributed by atoms with Crippen LogP contribution in [0.15, 0.2) is 0 Å². The van der Waals surface area contributed by atoms with Crippen molar-refractivity contribution in [2.45, 2.75) is 65.2 Å². The predicted octanol–water partition coefficient (Wildman–Crippen LogP) is 2.11. The molecule has 7 nitrogen and oxygen atoms in total. The second-order valence-corrected chi connectivity index (χ2v) is 9.89. The number of hydrogen-bond donors (Lipinski definition) is 7. The van der Waals surface area contributed by atoms with Gasteiger partial charge in [-0.2, -0.15) is 0 Å². The molecule has 0 aliphatic heterocycles. The Kier molecular flexibility index (Phi) is 24.2. The van der Waals surface area contributed by atoms with Crippen molar-refractivity contribution in [1.82, 2.24) is 5.32 Å². The molecular formula is C12H33NO6P2S2. The summed E-state index contributed by atoms with van der Waals surface area (Å²) in [4.78, 5) is 45.3. The molecule has 0 radical (unpaired) electrons. The molecule has 0 saturated carbocycles. The van der Waals surface area contributed by atoms with Gasteiger partial charge < -0.3 is 34.7 Å². The Balaban J connectivity index is -0.000000329. The Morgan fingerprint density at radius 3 is 1.09 bits per heavy atom. The quantitative estimate of drug-likeness (QED) is 0.212. The standard InChI is InChI=1S/C12H27N.2H3O3PS/c1-3-5-7-9-11-13-12-10-8-6-4-2;2*1-4(2,3)5/h13H,3-12H2,1-2H3;2*(H3,1,2,3,5). The molecule has 0 unspecified atom stereocenters. The van der Waals surface area contributed by atoms with E-state index in [4.69, 9.17) is 29.4 Å². The van der Waals surface area contributed by atoms with Gasteiger partial charge in [0.05, 0.1) is 0 Å². The van der Waals surface area contributed by atoms with Gasteiger partial charge >= 0.3 is 13.4 Å². The highest BCUT2D eigenvalue weighted by atomic mass is 32.5. The van der Waals surface area contributed by atoms with Crippen molar-refractivity contribution in [1.29, 1.82) is 0 Å². The van der Waals surface area contributed by atoms with E-state index in [-0.39, 0.29) is 0 Å². The summed E-state index contributed by atoms with van der Waals surface area (Å²) < 4.78 is 0. The zero-order chi connectivity index (χ0) is 18.8. The van der Waals surface area contributed by atoms with Crippen LogP contribution in [0.4, 0.5) is 0 Å². The molecule has 0 fully saturated rings. The Hall–Kier alpha value is 1.02. The molecule has 7 N–H and O–H groups in total. The van der Waals surface area contributed by atoms with Crippen LogP contribution in [0.25, 0.3) is 0 Å². The van der Waals surface area contributed by atoms with Crippen LogP contribution in [-0.2, 0) is 23.6 Å². The van der Waals surface area contributed by atoms with E-state index in [1.807, 2.05) is 0 Å². The van der Waals surface area contributed by atoms with E-state index < -0.39 is 13.4 Å². The third-order valence-corrected chi connectivity index (χ3v) is 2.41. The average Bonchev–Trinajstić information content (AvgIpc) is 2.33. The maximum atomic E-state index is 7.56. The van der Waals surface area contributed by atoms with Crippen molar-refractivity contribution < 1.29 is 29.4 Å². The zero-order valence-electron chi connectivity index (χ0n) is 14.0. The minimum absolute atomic E-state index is 1.23. The smallest absolute Gasteiger partial charge is 0.319 e. The Morgan fingerprint density at radius 2 is 0.870 bits per heavy atom. The van der Waals surface area contributed by atoms with Crippen molar-refractivity contribution in [3.05, 3.63) is 0 Å². The van der Waals surface area contributed by atoms with Crippen LogP contribution in [-0.4, -0.2) is 42.4 Å². The van der Waals surface area contributed by atoms with Crippen molar-refractivity contribution in [2.24, 2.45) is 0 Å². The first-order valence-electron chi connectivity index (χ1n) is 7.69. The SMILES string of the molecule is CCCCCCNCCCCCC.OP(O)(O)=S.OP(O)(O)=S. The van der Waals surface area contributed by atoms with Crippen LogP contribution < -0.4 is 5.32 Å². The fraction of sp³-hybridized carbons (Fsp3) is 1.00. The summed E-state index contributed by atoms with van der Waals surface area (Å²) in [5, 5.41) is 3.50. The summed E-state index contributed by atoms with van der Waals surface area (Å²) in [6.45, 7) is -0.630. The molecule has 144 valence electrons. The van der Waals surface area contributed by atoms with E-state index >= 15 is 0 Å². The molecule has 23 heavy (non-hydrogen) atoms. The molecule has 0 bridgehead atoms. The maximum Gasteiger partial charge on any atom is 0.319 e. The molecule has 11 heteroatoms. The van der Waals surface area contributed by atoms with Crippen molar-refractivity contribution in [3.63, 3.8) is 0 Å². The summed E-state index contributed by atoms with van der Waals surface area (Å²) in [7, 11) is 0. The molecule has 0 aromatic heterocycles. The second-order valence-electron chi connectivity index (χ2n) is 4.90. The molecule has 0 rings (SSSR count). The molecule has 0 aromatic rings. The van der Waals surface area contributed by atoms with Crippen LogP contribution in [0.2, 0.25) is 0 Å². The van der Waals surface area contributed by atoms with Crippen LogP contribution in [0.1, 0.15) is 65.2 Å². The first-order valence-corrected chi connectivity index (χ1v) is 13.0. The highest BCUT2D eigenvalue weighted by Gasteiger charge is 1.93. The van der Waals surface area contributed by atoms with Gasteiger partial charge in [-0.3, -0.25) is 0 Å². The summed E-state index contributed by atoms with van der Waals surface area (Å²) >= 11 is 7.21. The third-order valence-electron chi connectivity index (χ3n) is 2.41. The highest BCUT2D eigenvalue weighted by Crippen LogP contribution is 2.26. The molecule has 0 spiro atoms. The minimum atomic E-state index is -3.81. The second kappa shape index (κ2) is 19.3. The summed E-state index contributed by atoms with van der Waals surface area (Å²) in [5.41, 5.74) is 0. The molecule has 0 aromatic carbocycles. The van der Waals surface area contributed by atoms with Gasteiger partial charge in [0.2, 0.25) is 0 Å². The fourth-order valence-electron chi connectivity index (χ4n) is 1.48. The molecule has 0 atom stereocenters. The molecule has 0 aliphatic carbocycles. The van der Waals surface area contributed by atoms with Crippen LogP contribution >= 0.6 is 13.4 Å². The predicted molar refractivity (Wildman–Crippen MR) is 103 cm³/mol. The largest absolute Gasteiger partial charge is 0.325 e. The van der Waals surface area contributed by atoms with Gasteiger partial charge in [0.15, 0.2) is 0 Å². The lowest BCUT2D eigenvalue weighted by Crippen LogP contribution is -2.16. The van der Waals surface area contributed by atoms with Crippen LogP contribution in [0.3, 0.4) is 0 Å². The van der Waals surface area contributed by atoms with Gasteiger partial charge in [-0.1, -0.05) is 52.4 Å². The number of nitrogens with one attached hydrogen (secondary N) is 1. The van der Waals surface area contributed by atoms with Gasteiger partial charge in [-0.15, -0.1) is 0 Å². The van der Waals surface area contributed by atoms with E-state index in [9.17, 15) is 0 Å². The first kappa shape index (κ1) is 28.8. The van der Waals surface area contributed by atoms with E-state index in [1.54, 1.807) is 0 Å². The van der Waals surface area contributed by atoms with Crippen LogP contribution in [0, 0.1) is 0 Å². The average molecular weight is 413 g/mol. The lowest BCUT2D eigenvalue weighted by molar-refractivity contribution is 0.361. The van der Waals surface area contributed by atoms with Crippen LogP contribution in [0.5, 0.6) is 0 Å². The molecule has 0 amide bonds. The fourth-order valence-corrected chi connectivity index (χ4v) is 1.48. The molecule has 0 heterocycles. The van der Waals surface area contributed by atoms with E-state index in [0.717, 1.165) is 0 Å². The Labute approximate surface area is 150 Å². The number of hydrogen-bond acceptors (Lipinski definition) is 3. The first-order chi connectivity index (χ1) is 10.4. The monoisotopic (exact) mass is 413 g/mol. The molecule has 0 aliphatic rings. The topological polar surface area (TPSA) is 133 Å².